The third kappa shape index (κ3) is 4.04. The zero-order chi connectivity index (χ0) is 12.1. The standard InChI is InChI=1S/C13H28N2O/c1-10(2)13(9-16)14-11(3)12-5-7-15(4)8-6-12/h10-14,16H,5-9H2,1-4H3. The van der Waals surface area contributed by atoms with Crippen LogP contribution < -0.4 is 5.32 Å². The van der Waals surface area contributed by atoms with Gasteiger partial charge in [-0.3, -0.25) is 0 Å². The molecular weight excluding hydrogens is 200 g/mol. The van der Waals surface area contributed by atoms with Crippen molar-refractivity contribution in [3.8, 4) is 0 Å². The molecule has 0 bridgehead atoms. The third-order valence-corrected chi connectivity index (χ3v) is 3.95. The van der Waals surface area contributed by atoms with Gasteiger partial charge in [0.1, 0.15) is 0 Å². The van der Waals surface area contributed by atoms with Crippen molar-refractivity contribution in [2.45, 2.75) is 45.7 Å². The molecule has 0 spiro atoms. The molecule has 1 fully saturated rings. The molecule has 1 saturated heterocycles. The van der Waals surface area contributed by atoms with Crippen LogP contribution in [-0.2, 0) is 0 Å². The number of hydrogen-bond acceptors (Lipinski definition) is 3. The Labute approximate surface area is 100 Å². The van der Waals surface area contributed by atoms with E-state index in [-0.39, 0.29) is 12.6 Å². The van der Waals surface area contributed by atoms with Crippen molar-refractivity contribution < 1.29 is 5.11 Å². The van der Waals surface area contributed by atoms with Crippen molar-refractivity contribution >= 4 is 0 Å². The highest BCUT2D eigenvalue weighted by molar-refractivity contribution is 4.82. The fraction of sp³-hybridized carbons (Fsp3) is 1.00. The van der Waals surface area contributed by atoms with Crippen LogP contribution in [-0.4, -0.2) is 48.8 Å². The second-order valence-electron chi connectivity index (χ2n) is 5.63. The van der Waals surface area contributed by atoms with Crippen LogP contribution in [0.1, 0.15) is 33.6 Å². The van der Waals surface area contributed by atoms with E-state index in [2.05, 4.69) is 38.0 Å². The SMILES string of the molecule is CC(C)C(CO)NC(C)C1CCN(C)CC1. The van der Waals surface area contributed by atoms with Crippen molar-refractivity contribution in [3.05, 3.63) is 0 Å². The first kappa shape index (κ1) is 13.9. The lowest BCUT2D eigenvalue weighted by molar-refractivity contribution is 0.153. The molecule has 0 aromatic carbocycles. The monoisotopic (exact) mass is 228 g/mol. The van der Waals surface area contributed by atoms with Gasteiger partial charge < -0.3 is 15.3 Å². The molecule has 2 unspecified atom stereocenters. The fourth-order valence-electron chi connectivity index (χ4n) is 2.46. The number of aliphatic hydroxyl groups excluding tert-OH is 1. The highest BCUT2D eigenvalue weighted by Crippen LogP contribution is 2.20. The van der Waals surface area contributed by atoms with Gasteiger partial charge in [0.25, 0.3) is 0 Å². The number of piperidine rings is 1. The first-order valence-corrected chi connectivity index (χ1v) is 6.60. The molecule has 3 nitrogen and oxygen atoms in total. The van der Waals surface area contributed by atoms with E-state index in [1.54, 1.807) is 0 Å². The van der Waals surface area contributed by atoms with Gasteiger partial charge in [-0.1, -0.05) is 13.8 Å². The summed E-state index contributed by atoms with van der Waals surface area (Å²) in [5, 5.41) is 12.9. The van der Waals surface area contributed by atoms with Gasteiger partial charge in [0, 0.05) is 12.1 Å². The molecule has 2 atom stereocenters. The van der Waals surface area contributed by atoms with Crippen LogP contribution in [0.3, 0.4) is 0 Å². The van der Waals surface area contributed by atoms with Crippen LogP contribution >= 0.6 is 0 Å². The van der Waals surface area contributed by atoms with E-state index in [1.165, 1.54) is 25.9 Å². The summed E-state index contributed by atoms with van der Waals surface area (Å²) in [6.45, 7) is 9.25. The predicted molar refractivity (Wildman–Crippen MR) is 68.5 cm³/mol. The molecule has 1 aliphatic heterocycles. The van der Waals surface area contributed by atoms with E-state index < -0.39 is 0 Å². The lowest BCUT2D eigenvalue weighted by Crippen LogP contribution is -2.48. The average molecular weight is 228 g/mol. The van der Waals surface area contributed by atoms with Crippen LogP contribution in [0.5, 0.6) is 0 Å². The number of aliphatic hydroxyl groups is 1. The van der Waals surface area contributed by atoms with Crippen LogP contribution in [0.2, 0.25) is 0 Å². The molecule has 0 aromatic rings. The largest absolute Gasteiger partial charge is 0.395 e. The lowest BCUT2D eigenvalue weighted by Gasteiger charge is -2.35. The summed E-state index contributed by atoms with van der Waals surface area (Å²) in [6.07, 6.45) is 2.56. The first-order valence-electron chi connectivity index (χ1n) is 6.60. The van der Waals surface area contributed by atoms with Gasteiger partial charge in [-0.2, -0.15) is 0 Å². The molecule has 1 heterocycles. The Morgan fingerprint density at radius 3 is 2.25 bits per heavy atom. The summed E-state index contributed by atoms with van der Waals surface area (Å²) in [7, 11) is 2.19. The number of rotatable bonds is 5. The first-order chi connectivity index (χ1) is 7.54. The molecule has 96 valence electrons. The van der Waals surface area contributed by atoms with Crippen LogP contribution in [0.25, 0.3) is 0 Å². The third-order valence-electron chi connectivity index (χ3n) is 3.95. The smallest absolute Gasteiger partial charge is 0.0587 e. The van der Waals surface area contributed by atoms with Crippen molar-refractivity contribution in [2.24, 2.45) is 11.8 Å². The van der Waals surface area contributed by atoms with Crippen LogP contribution in [0.15, 0.2) is 0 Å². The Bertz CT molecular complexity index is 188. The molecule has 0 aliphatic carbocycles. The fourth-order valence-corrected chi connectivity index (χ4v) is 2.46. The van der Waals surface area contributed by atoms with E-state index in [9.17, 15) is 5.11 Å². The van der Waals surface area contributed by atoms with Gasteiger partial charge in [-0.05, 0) is 51.7 Å². The Balaban J connectivity index is 2.36. The quantitative estimate of drug-likeness (QED) is 0.745. The molecule has 2 N–H and O–H groups in total. The molecule has 0 aromatic heterocycles. The van der Waals surface area contributed by atoms with E-state index in [1.807, 2.05) is 0 Å². The van der Waals surface area contributed by atoms with Crippen molar-refractivity contribution in [1.82, 2.24) is 10.2 Å². The normalized spacial score (nSPS) is 23.6. The second-order valence-corrected chi connectivity index (χ2v) is 5.63. The molecular formula is C13H28N2O. The van der Waals surface area contributed by atoms with E-state index in [0.717, 1.165) is 5.92 Å². The highest BCUT2D eigenvalue weighted by atomic mass is 16.3. The summed E-state index contributed by atoms with van der Waals surface area (Å²) in [5.41, 5.74) is 0. The molecule has 1 aliphatic rings. The Morgan fingerprint density at radius 1 is 1.25 bits per heavy atom. The van der Waals surface area contributed by atoms with E-state index >= 15 is 0 Å². The zero-order valence-corrected chi connectivity index (χ0v) is 11.2. The molecule has 3 heteroatoms. The number of hydrogen-bond donors (Lipinski definition) is 2. The summed E-state index contributed by atoms with van der Waals surface area (Å²) < 4.78 is 0. The number of nitrogens with zero attached hydrogens (tertiary/aromatic N) is 1. The highest BCUT2D eigenvalue weighted by Gasteiger charge is 2.24. The van der Waals surface area contributed by atoms with Crippen LogP contribution in [0.4, 0.5) is 0 Å². The van der Waals surface area contributed by atoms with Gasteiger partial charge in [-0.15, -0.1) is 0 Å². The Morgan fingerprint density at radius 2 is 1.81 bits per heavy atom. The topological polar surface area (TPSA) is 35.5 Å². The van der Waals surface area contributed by atoms with Crippen molar-refractivity contribution in [2.75, 3.05) is 26.7 Å². The minimum atomic E-state index is 0.245. The predicted octanol–water partition coefficient (Wildman–Crippen LogP) is 1.32. The minimum absolute atomic E-state index is 0.245. The maximum absolute atomic E-state index is 9.32. The van der Waals surface area contributed by atoms with Crippen molar-refractivity contribution in [3.63, 3.8) is 0 Å². The summed E-state index contributed by atoms with van der Waals surface area (Å²) in [6, 6.07) is 0.767. The van der Waals surface area contributed by atoms with Crippen LogP contribution in [0, 0.1) is 11.8 Å². The van der Waals surface area contributed by atoms with Gasteiger partial charge in [0.05, 0.1) is 6.61 Å². The van der Waals surface area contributed by atoms with Gasteiger partial charge >= 0.3 is 0 Å². The Hall–Kier alpha value is -0.120. The average Bonchev–Trinajstić information content (AvgIpc) is 2.26. The molecule has 16 heavy (non-hydrogen) atoms. The lowest BCUT2D eigenvalue weighted by atomic mass is 9.89. The Kier molecular flexibility index (Phi) is 5.73. The maximum atomic E-state index is 9.32. The van der Waals surface area contributed by atoms with E-state index in [4.69, 9.17) is 0 Å². The molecule has 1 rings (SSSR count). The number of nitrogens with one attached hydrogen (secondary N) is 1. The molecule has 0 saturated carbocycles. The molecule has 0 amide bonds. The summed E-state index contributed by atoms with van der Waals surface area (Å²) >= 11 is 0. The van der Waals surface area contributed by atoms with Crippen molar-refractivity contribution in [1.29, 1.82) is 0 Å². The summed E-state index contributed by atoms with van der Waals surface area (Å²) in [4.78, 5) is 2.40. The van der Waals surface area contributed by atoms with Gasteiger partial charge in [0.2, 0.25) is 0 Å². The maximum Gasteiger partial charge on any atom is 0.0587 e. The van der Waals surface area contributed by atoms with E-state index in [0.29, 0.717) is 12.0 Å². The zero-order valence-electron chi connectivity index (χ0n) is 11.2. The van der Waals surface area contributed by atoms with Gasteiger partial charge in [-0.25, -0.2) is 0 Å². The number of likely N-dealkylation sites (tertiary alicyclic amines) is 1. The molecule has 0 radical (unpaired) electrons. The van der Waals surface area contributed by atoms with Gasteiger partial charge in [0.15, 0.2) is 0 Å². The summed E-state index contributed by atoms with van der Waals surface area (Å²) in [5.74, 6) is 1.27. The minimum Gasteiger partial charge on any atom is -0.395 e. The second kappa shape index (κ2) is 6.58.